The van der Waals surface area contributed by atoms with E-state index in [4.69, 9.17) is 4.21 Å². The molecular weight excluding hydrogens is 95.1 g/mol. The Bertz CT molecular complexity index is 47.6. The SMILES string of the molecule is C[C-]=S=O.[Na+]. The van der Waals surface area contributed by atoms with E-state index < -0.39 is 0 Å². The summed E-state index contributed by atoms with van der Waals surface area (Å²) in [5, 5.41) is 2.29. The van der Waals surface area contributed by atoms with Crippen LogP contribution in [0.2, 0.25) is 0 Å². The predicted octanol–water partition coefficient (Wildman–Crippen LogP) is -3.10. The smallest absolute Gasteiger partial charge is 0.394 e. The fraction of sp³-hybridized carbons (Fsp3) is 0.500. The van der Waals surface area contributed by atoms with Crippen LogP contribution in [-0.4, -0.2) is 9.58 Å². The Morgan fingerprint density at radius 2 is 2.00 bits per heavy atom. The Kier molecular flexibility index (Phi) is 16.5. The van der Waals surface area contributed by atoms with Crippen molar-refractivity contribution in [3.8, 4) is 0 Å². The van der Waals surface area contributed by atoms with Gasteiger partial charge in [-0.05, 0) is 0 Å². The van der Waals surface area contributed by atoms with Crippen LogP contribution in [0, 0.1) is 0 Å². The fourth-order valence-electron chi connectivity index (χ4n) is 0. The van der Waals surface area contributed by atoms with Crippen LogP contribution in [0.25, 0.3) is 0 Å². The minimum atomic E-state index is 0. The van der Waals surface area contributed by atoms with Crippen LogP contribution in [-0.2, 0) is 11.3 Å². The van der Waals surface area contributed by atoms with Crippen LogP contribution >= 0.6 is 0 Å². The molecule has 0 aromatic heterocycles. The summed E-state index contributed by atoms with van der Waals surface area (Å²) in [4.78, 5) is 0. The summed E-state index contributed by atoms with van der Waals surface area (Å²) in [7, 11) is 0. The maximum Gasteiger partial charge on any atom is 1.00 e. The van der Waals surface area contributed by atoms with Crippen LogP contribution in [0.3, 0.4) is 0 Å². The first-order valence-corrected chi connectivity index (χ1v) is 1.61. The summed E-state index contributed by atoms with van der Waals surface area (Å²) >= 11 is 0.356. The van der Waals surface area contributed by atoms with Crippen molar-refractivity contribution in [2.45, 2.75) is 6.92 Å². The van der Waals surface area contributed by atoms with E-state index in [0.717, 1.165) is 0 Å². The van der Waals surface area contributed by atoms with Crippen molar-refractivity contribution in [2.75, 3.05) is 0 Å². The van der Waals surface area contributed by atoms with E-state index in [1.54, 1.807) is 6.92 Å². The van der Waals surface area contributed by atoms with Gasteiger partial charge in [-0.1, -0.05) is 0 Å². The third-order valence-corrected chi connectivity index (χ3v) is 0.250. The van der Waals surface area contributed by atoms with Crippen LogP contribution in [0.4, 0.5) is 0 Å². The monoisotopic (exact) mass is 98.0 g/mol. The van der Waals surface area contributed by atoms with Gasteiger partial charge in [0.2, 0.25) is 0 Å². The van der Waals surface area contributed by atoms with Gasteiger partial charge >= 0.3 is 29.6 Å². The van der Waals surface area contributed by atoms with E-state index in [1.165, 1.54) is 0 Å². The van der Waals surface area contributed by atoms with Crippen molar-refractivity contribution >= 4 is 16.6 Å². The molecule has 0 atom stereocenters. The van der Waals surface area contributed by atoms with Gasteiger partial charge in [-0.15, -0.1) is 11.3 Å². The van der Waals surface area contributed by atoms with E-state index in [-0.39, 0.29) is 29.6 Å². The third kappa shape index (κ3) is 11.4. The molecule has 0 aromatic carbocycles. The molecule has 24 valence electrons. The standard InChI is InChI=1S/C2H3OS.Na/c1-2-4-3;/h1H3;/q-1;+1. The first kappa shape index (κ1) is 9.31. The minimum absolute atomic E-state index is 0. The van der Waals surface area contributed by atoms with Crippen LogP contribution < -0.4 is 29.6 Å². The second-order valence-corrected chi connectivity index (χ2v) is 0.862. The number of rotatable bonds is 0. The average Bonchev–Trinajstić information content (AvgIpc) is 1.37. The molecular formula is C2H3NaOS. The van der Waals surface area contributed by atoms with Gasteiger partial charge < -0.3 is 5.37 Å². The van der Waals surface area contributed by atoms with E-state index in [2.05, 4.69) is 5.37 Å². The van der Waals surface area contributed by atoms with E-state index >= 15 is 0 Å². The zero-order valence-electron chi connectivity index (χ0n) is 3.32. The quantitative estimate of drug-likeness (QED) is 0.178. The Morgan fingerprint density at radius 1 is 1.80 bits per heavy atom. The summed E-state index contributed by atoms with van der Waals surface area (Å²) in [6.07, 6.45) is 0. The zero-order valence-corrected chi connectivity index (χ0v) is 6.13. The first-order chi connectivity index (χ1) is 1.91. The molecule has 0 radical (unpaired) electrons. The van der Waals surface area contributed by atoms with Gasteiger partial charge in [-0.25, -0.2) is 0 Å². The van der Waals surface area contributed by atoms with E-state index in [1.807, 2.05) is 0 Å². The summed E-state index contributed by atoms with van der Waals surface area (Å²) in [6.45, 7) is 1.58. The summed E-state index contributed by atoms with van der Waals surface area (Å²) < 4.78 is 9.10. The molecule has 0 fully saturated rings. The Hall–Kier alpha value is 0.890. The van der Waals surface area contributed by atoms with Gasteiger partial charge in [0.25, 0.3) is 0 Å². The summed E-state index contributed by atoms with van der Waals surface area (Å²) in [6, 6.07) is 0. The second-order valence-electron chi connectivity index (χ2n) is 0.287. The van der Waals surface area contributed by atoms with Crippen LogP contribution in [0.5, 0.6) is 0 Å². The van der Waals surface area contributed by atoms with Crippen LogP contribution in [0.1, 0.15) is 6.92 Å². The van der Waals surface area contributed by atoms with Crippen LogP contribution in [0.15, 0.2) is 0 Å². The van der Waals surface area contributed by atoms with Gasteiger partial charge in [-0.3, -0.25) is 4.21 Å². The molecule has 0 aliphatic carbocycles. The van der Waals surface area contributed by atoms with Crippen molar-refractivity contribution in [1.82, 2.24) is 0 Å². The number of hydrogen-bond acceptors (Lipinski definition) is 1. The van der Waals surface area contributed by atoms with Crippen molar-refractivity contribution in [3.63, 3.8) is 0 Å². The maximum atomic E-state index is 9.10. The zero-order chi connectivity index (χ0) is 3.41. The van der Waals surface area contributed by atoms with Gasteiger partial charge in [0.15, 0.2) is 0 Å². The minimum Gasteiger partial charge on any atom is -0.394 e. The fourth-order valence-corrected chi connectivity index (χ4v) is 0. The van der Waals surface area contributed by atoms with Gasteiger partial charge in [-0.2, -0.15) is 6.92 Å². The average molecular weight is 98.1 g/mol. The molecule has 3 heteroatoms. The van der Waals surface area contributed by atoms with Gasteiger partial charge in [0, 0.05) is 0 Å². The molecule has 0 heterocycles. The first-order valence-electron chi connectivity index (χ1n) is 0.871. The molecule has 0 saturated carbocycles. The molecule has 0 saturated heterocycles. The molecule has 0 unspecified atom stereocenters. The summed E-state index contributed by atoms with van der Waals surface area (Å²) in [5.41, 5.74) is 0. The largest absolute Gasteiger partial charge is 1.00 e. The molecule has 0 rings (SSSR count). The molecule has 5 heavy (non-hydrogen) atoms. The molecule has 0 aliphatic heterocycles. The van der Waals surface area contributed by atoms with Crippen molar-refractivity contribution in [3.05, 3.63) is 0 Å². The predicted molar refractivity (Wildman–Crippen MR) is 18.8 cm³/mol. The van der Waals surface area contributed by atoms with Crippen molar-refractivity contribution < 1.29 is 33.8 Å². The van der Waals surface area contributed by atoms with E-state index in [0.29, 0.717) is 11.3 Å². The van der Waals surface area contributed by atoms with Gasteiger partial charge in [0.05, 0.1) is 0 Å². The molecule has 0 bridgehead atoms. The molecule has 0 amide bonds. The Labute approximate surface area is 57.1 Å². The molecule has 0 N–H and O–H groups in total. The Morgan fingerprint density at radius 3 is 2.00 bits per heavy atom. The molecule has 0 aromatic rings. The molecule has 0 spiro atoms. The normalized spacial score (nSPS) is 4.20. The maximum absolute atomic E-state index is 9.10. The van der Waals surface area contributed by atoms with Crippen molar-refractivity contribution in [2.24, 2.45) is 0 Å². The molecule has 1 nitrogen and oxygen atoms in total. The second kappa shape index (κ2) is 8.86. The Balaban J connectivity index is 0. The topological polar surface area (TPSA) is 17.1 Å². The van der Waals surface area contributed by atoms with E-state index in [9.17, 15) is 0 Å². The molecule has 0 aliphatic rings. The summed E-state index contributed by atoms with van der Waals surface area (Å²) in [5.74, 6) is 0. The third-order valence-electron chi connectivity index (χ3n) is 0.0833. The number of hydrogen-bond donors (Lipinski definition) is 0. The van der Waals surface area contributed by atoms with Crippen molar-refractivity contribution in [1.29, 1.82) is 0 Å². The van der Waals surface area contributed by atoms with Gasteiger partial charge in [0.1, 0.15) is 0 Å².